The van der Waals surface area contributed by atoms with E-state index in [1.165, 1.54) is 0 Å². The van der Waals surface area contributed by atoms with Gasteiger partial charge in [-0.05, 0) is 47.5 Å². The SMILES string of the molecule is Cc1cc(COC2(C)CCN(C(=O)OC(C)(C)C)CC2)on1. The van der Waals surface area contributed by atoms with Crippen molar-refractivity contribution in [2.75, 3.05) is 13.1 Å². The number of piperidine rings is 1. The van der Waals surface area contributed by atoms with E-state index in [1.807, 2.05) is 33.8 Å². The molecule has 0 unspecified atom stereocenters. The molecule has 2 rings (SSSR count). The summed E-state index contributed by atoms with van der Waals surface area (Å²) in [4.78, 5) is 13.8. The van der Waals surface area contributed by atoms with Crippen LogP contribution in [0, 0.1) is 6.92 Å². The molecule has 1 aliphatic rings. The van der Waals surface area contributed by atoms with Crippen LogP contribution in [0.4, 0.5) is 4.79 Å². The average Bonchev–Trinajstić information content (AvgIpc) is 2.81. The lowest BCUT2D eigenvalue weighted by Crippen LogP contribution is -2.47. The van der Waals surface area contributed by atoms with Gasteiger partial charge >= 0.3 is 6.09 Å². The van der Waals surface area contributed by atoms with E-state index < -0.39 is 5.60 Å². The molecule has 0 aliphatic carbocycles. The van der Waals surface area contributed by atoms with E-state index >= 15 is 0 Å². The third-order valence-electron chi connectivity index (χ3n) is 3.71. The summed E-state index contributed by atoms with van der Waals surface area (Å²) in [5, 5.41) is 3.85. The zero-order valence-corrected chi connectivity index (χ0v) is 14.1. The third-order valence-corrected chi connectivity index (χ3v) is 3.71. The van der Waals surface area contributed by atoms with Gasteiger partial charge in [-0.1, -0.05) is 5.16 Å². The van der Waals surface area contributed by atoms with Crippen LogP contribution in [0.2, 0.25) is 0 Å². The molecule has 0 N–H and O–H groups in total. The van der Waals surface area contributed by atoms with E-state index in [1.54, 1.807) is 4.90 Å². The van der Waals surface area contributed by atoms with Gasteiger partial charge in [0.15, 0.2) is 5.76 Å². The number of carbonyl (C=O) groups excluding carboxylic acids is 1. The van der Waals surface area contributed by atoms with Gasteiger partial charge in [-0.15, -0.1) is 0 Å². The van der Waals surface area contributed by atoms with E-state index in [4.69, 9.17) is 14.0 Å². The fourth-order valence-corrected chi connectivity index (χ4v) is 2.36. The molecule has 1 fully saturated rings. The number of aromatic nitrogens is 1. The lowest BCUT2D eigenvalue weighted by molar-refractivity contribution is -0.0864. The van der Waals surface area contributed by atoms with Crippen molar-refractivity contribution in [3.63, 3.8) is 0 Å². The summed E-state index contributed by atoms with van der Waals surface area (Å²) < 4.78 is 16.5. The maximum atomic E-state index is 12.0. The van der Waals surface area contributed by atoms with Gasteiger partial charge in [-0.2, -0.15) is 0 Å². The number of ether oxygens (including phenoxy) is 2. The largest absolute Gasteiger partial charge is 0.444 e. The van der Waals surface area contributed by atoms with Gasteiger partial charge in [0, 0.05) is 19.2 Å². The molecule has 1 saturated heterocycles. The second-order valence-electron chi connectivity index (χ2n) is 7.14. The number of hydrogen-bond acceptors (Lipinski definition) is 5. The molecule has 1 aliphatic heterocycles. The maximum absolute atomic E-state index is 12.0. The minimum atomic E-state index is -0.460. The van der Waals surface area contributed by atoms with Gasteiger partial charge in [-0.3, -0.25) is 0 Å². The molecule has 1 aromatic rings. The molecule has 2 heterocycles. The standard InChI is InChI=1S/C16H26N2O4/c1-12-10-13(22-17-12)11-20-16(5)6-8-18(9-7-16)14(19)21-15(2,3)4/h10H,6-9,11H2,1-5H3. The van der Waals surface area contributed by atoms with E-state index in [2.05, 4.69) is 12.1 Å². The monoisotopic (exact) mass is 310 g/mol. The zero-order valence-electron chi connectivity index (χ0n) is 14.1. The van der Waals surface area contributed by atoms with Crippen LogP contribution >= 0.6 is 0 Å². The molecule has 0 radical (unpaired) electrons. The van der Waals surface area contributed by atoms with Crippen LogP contribution in [0.3, 0.4) is 0 Å². The van der Waals surface area contributed by atoms with E-state index in [-0.39, 0.29) is 11.7 Å². The molecule has 0 atom stereocenters. The molecule has 0 spiro atoms. The molecule has 124 valence electrons. The normalized spacial score (nSPS) is 18.3. The first-order valence-electron chi connectivity index (χ1n) is 7.71. The Labute approximate surface area is 131 Å². The van der Waals surface area contributed by atoms with E-state index in [0.29, 0.717) is 19.7 Å². The Morgan fingerprint density at radius 1 is 1.41 bits per heavy atom. The summed E-state index contributed by atoms with van der Waals surface area (Å²) >= 11 is 0. The highest BCUT2D eigenvalue weighted by molar-refractivity contribution is 5.68. The molecule has 0 bridgehead atoms. The summed E-state index contributed by atoms with van der Waals surface area (Å²) in [6.07, 6.45) is 1.30. The summed E-state index contributed by atoms with van der Waals surface area (Å²) in [6, 6.07) is 1.87. The number of nitrogens with zero attached hydrogens (tertiary/aromatic N) is 2. The van der Waals surface area contributed by atoms with Crippen LogP contribution in [0.1, 0.15) is 52.0 Å². The number of carbonyl (C=O) groups is 1. The second-order valence-corrected chi connectivity index (χ2v) is 7.14. The van der Waals surface area contributed by atoms with Crippen molar-refractivity contribution in [1.82, 2.24) is 10.1 Å². The molecule has 6 nitrogen and oxygen atoms in total. The zero-order chi connectivity index (χ0) is 16.4. The Morgan fingerprint density at radius 2 is 2.05 bits per heavy atom. The van der Waals surface area contributed by atoms with E-state index in [9.17, 15) is 4.79 Å². The summed E-state index contributed by atoms with van der Waals surface area (Å²) in [6.45, 7) is 11.3. The summed E-state index contributed by atoms with van der Waals surface area (Å²) in [7, 11) is 0. The van der Waals surface area contributed by atoms with Crippen molar-refractivity contribution >= 4 is 6.09 Å². The molecule has 1 amide bonds. The lowest BCUT2D eigenvalue weighted by Gasteiger charge is -2.39. The van der Waals surface area contributed by atoms with Gasteiger partial charge in [0.1, 0.15) is 12.2 Å². The van der Waals surface area contributed by atoms with Crippen molar-refractivity contribution in [3.05, 3.63) is 17.5 Å². The maximum Gasteiger partial charge on any atom is 0.410 e. The van der Waals surface area contributed by atoms with Gasteiger partial charge < -0.3 is 18.9 Å². The average molecular weight is 310 g/mol. The minimum Gasteiger partial charge on any atom is -0.444 e. The van der Waals surface area contributed by atoms with Crippen LogP contribution in [0.15, 0.2) is 10.6 Å². The second kappa shape index (κ2) is 6.28. The number of aryl methyl sites for hydroxylation is 1. The van der Waals surface area contributed by atoms with Crippen molar-refractivity contribution in [1.29, 1.82) is 0 Å². The highest BCUT2D eigenvalue weighted by atomic mass is 16.6. The van der Waals surface area contributed by atoms with Crippen molar-refractivity contribution in [2.45, 2.75) is 65.3 Å². The van der Waals surface area contributed by atoms with Crippen LogP contribution in [0.5, 0.6) is 0 Å². The number of amides is 1. The fraction of sp³-hybridized carbons (Fsp3) is 0.750. The van der Waals surface area contributed by atoms with Crippen LogP contribution in [-0.2, 0) is 16.1 Å². The first-order chi connectivity index (χ1) is 10.2. The Bertz CT molecular complexity index is 510. The molecule has 22 heavy (non-hydrogen) atoms. The van der Waals surface area contributed by atoms with Gasteiger partial charge in [0.2, 0.25) is 0 Å². The summed E-state index contributed by atoms with van der Waals surface area (Å²) in [5.74, 6) is 0.730. The molecular weight excluding hydrogens is 284 g/mol. The highest BCUT2D eigenvalue weighted by Crippen LogP contribution is 2.28. The first-order valence-corrected chi connectivity index (χ1v) is 7.71. The van der Waals surface area contributed by atoms with Gasteiger partial charge in [0.05, 0.1) is 11.3 Å². The van der Waals surface area contributed by atoms with Gasteiger partial charge in [0.25, 0.3) is 0 Å². The van der Waals surface area contributed by atoms with Crippen molar-refractivity contribution in [3.8, 4) is 0 Å². The Hall–Kier alpha value is -1.56. The molecule has 0 saturated carbocycles. The predicted octanol–water partition coefficient (Wildman–Crippen LogP) is 3.29. The van der Waals surface area contributed by atoms with E-state index in [0.717, 1.165) is 24.3 Å². The quantitative estimate of drug-likeness (QED) is 0.857. The Balaban J connectivity index is 1.81. The highest BCUT2D eigenvalue weighted by Gasteiger charge is 2.34. The predicted molar refractivity (Wildman–Crippen MR) is 81.5 cm³/mol. The van der Waals surface area contributed by atoms with Crippen LogP contribution < -0.4 is 0 Å². The van der Waals surface area contributed by atoms with Gasteiger partial charge in [-0.25, -0.2) is 4.79 Å². The van der Waals surface area contributed by atoms with Crippen LogP contribution in [-0.4, -0.2) is 40.4 Å². The van der Waals surface area contributed by atoms with Crippen molar-refractivity contribution in [2.24, 2.45) is 0 Å². The topological polar surface area (TPSA) is 64.8 Å². The fourth-order valence-electron chi connectivity index (χ4n) is 2.36. The first kappa shape index (κ1) is 16.8. The molecule has 0 aromatic carbocycles. The third kappa shape index (κ3) is 4.73. The van der Waals surface area contributed by atoms with Crippen molar-refractivity contribution < 1.29 is 18.8 Å². The van der Waals surface area contributed by atoms with Crippen LogP contribution in [0.25, 0.3) is 0 Å². The minimum absolute atomic E-state index is 0.250. The smallest absolute Gasteiger partial charge is 0.410 e. The summed E-state index contributed by atoms with van der Waals surface area (Å²) in [5.41, 5.74) is 0.140. The molecular formula is C16H26N2O4. The number of rotatable bonds is 3. The Morgan fingerprint density at radius 3 is 2.55 bits per heavy atom. The number of hydrogen-bond donors (Lipinski definition) is 0. The Kier molecular flexibility index (Phi) is 4.80. The molecule has 6 heteroatoms. The number of likely N-dealkylation sites (tertiary alicyclic amines) is 1. The molecule has 1 aromatic heterocycles. The lowest BCUT2D eigenvalue weighted by atomic mass is 9.93.